The predicted molar refractivity (Wildman–Crippen MR) is 155 cm³/mol. The second kappa shape index (κ2) is 19.8. The molecule has 0 radical (unpaired) electrons. The summed E-state index contributed by atoms with van der Waals surface area (Å²) in [4.78, 5) is 0. The molecule has 42 heavy (non-hydrogen) atoms. The molecule has 4 heterocycles. The summed E-state index contributed by atoms with van der Waals surface area (Å²) in [5.74, 6) is 0.652. The molecule has 4 rings (SSSR count). The molecule has 4 aliphatic heterocycles. The number of rotatable bonds is 2. The molecule has 11 heteroatoms. The van der Waals surface area contributed by atoms with Crippen LogP contribution >= 0.6 is 0 Å². The van der Waals surface area contributed by atoms with Crippen molar-refractivity contribution in [2.24, 2.45) is 5.92 Å². The van der Waals surface area contributed by atoms with Gasteiger partial charge in [0.15, 0.2) is 12.6 Å². The summed E-state index contributed by atoms with van der Waals surface area (Å²) in [5, 5.41) is 62.7. The summed E-state index contributed by atoms with van der Waals surface area (Å²) in [5.41, 5.74) is 0. The van der Waals surface area contributed by atoms with E-state index in [1.807, 2.05) is 0 Å². The van der Waals surface area contributed by atoms with Crippen LogP contribution in [-0.2, 0) is 23.7 Å². The number of hydrogen-bond acceptors (Lipinski definition) is 11. The van der Waals surface area contributed by atoms with E-state index >= 15 is 0 Å². The molecule has 2 bridgehead atoms. The van der Waals surface area contributed by atoms with Gasteiger partial charge < -0.3 is 54.3 Å². The maximum atomic E-state index is 10.9. The second-order valence-electron chi connectivity index (χ2n) is 12.5. The molecule has 4 aliphatic rings. The Kier molecular flexibility index (Phi) is 17.0. The largest absolute Gasteiger partial charge is 0.394 e. The average molecular weight is 607 g/mol. The van der Waals surface area contributed by atoms with Crippen LogP contribution in [0.4, 0.5) is 0 Å². The van der Waals surface area contributed by atoms with Crippen LogP contribution in [0.2, 0.25) is 0 Å². The number of aliphatic hydroxyl groups excluding tert-OH is 6. The van der Waals surface area contributed by atoms with Gasteiger partial charge in [-0.2, -0.15) is 0 Å². The van der Waals surface area contributed by atoms with Gasteiger partial charge in [-0.05, 0) is 18.8 Å². The van der Waals surface area contributed by atoms with Crippen molar-refractivity contribution in [2.45, 2.75) is 165 Å². The van der Waals surface area contributed by atoms with E-state index in [1.54, 1.807) is 0 Å². The van der Waals surface area contributed by atoms with Crippen molar-refractivity contribution in [2.75, 3.05) is 26.4 Å². The summed E-state index contributed by atoms with van der Waals surface area (Å²) in [6.07, 6.45) is 4.23. The normalized spacial score (nSPS) is 41.9. The quantitative estimate of drug-likeness (QED) is 0.273. The van der Waals surface area contributed by atoms with Gasteiger partial charge in [0, 0.05) is 13.2 Å². The van der Waals surface area contributed by atoms with E-state index in [2.05, 4.69) is 6.92 Å². The lowest BCUT2D eigenvalue weighted by Crippen LogP contribution is -2.65. The number of fused-ring (bicyclic) bond motifs is 21. The summed E-state index contributed by atoms with van der Waals surface area (Å²) in [7, 11) is 0. The number of hydrogen-bond donors (Lipinski definition) is 6. The smallest absolute Gasteiger partial charge is 0.187 e. The Morgan fingerprint density at radius 2 is 0.952 bits per heavy atom. The van der Waals surface area contributed by atoms with E-state index in [1.165, 1.54) is 57.8 Å². The Balaban J connectivity index is 1.63. The van der Waals surface area contributed by atoms with Gasteiger partial charge in [0.25, 0.3) is 0 Å². The first-order valence-electron chi connectivity index (χ1n) is 16.5. The lowest BCUT2D eigenvalue weighted by molar-refractivity contribution is -0.369. The first kappa shape index (κ1) is 36.0. The van der Waals surface area contributed by atoms with Crippen LogP contribution in [0.5, 0.6) is 0 Å². The highest BCUT2D eigenvalue weighted by Gasteiger charge is 2.51. The van der Waals surface area contributed by atoms with Gasteiger partial charge in [0.05, 0.1) is 13.2 Å². The lowest BCUT2D eigenvalue weighted by Gasteiger charge is -2.46. The highest BCUT2D eigenvalue weighted by molar-refractivity contribution is 4.94. The average Bonchev–Trinajstić information content (AvgIpc) is 2.98. The monoisotopic (exact) mass is 606 g/mol. The molecule has 0 aromatic rings. The fraction of sp³-hybridized carbons (Fsp3) is 1.00. The zero-order chi connectivity index (χ0) is 30.3. The minimum atomic E-state index is -1.55. The van der Waals surface area contributed by atoms with Crippen molar-refractivity contribution in [3.05, 3.63) is 0 Å². The lowest BCUT2D eigenvalue weighted by atomic mass is 9.96. The Hall–Kier alpha value is -0.440. The SMILES string of the molecule is CC1CCCCCCCCCCCCCOC2OC(CO)C(O)C(O)C2OC2OC(CO)C(OCCCC1)C(O)C2O. The molecule has 11 unspecified atom stereocenters. The van der Waals surface area contributed by atoms with Crippen LogP contribution in [0.15, 0.2) is 0 Å². The molecule has 248 valence electrons. The van der Waals surface area contributed by atoms with Crippen molar-refractivity contribution in [3.8, 4) is 0 Å². The molecule has 6 N–H and O–H groups in total. The predicted octanol–water partition coefficient (Wildman–Crippen LogP) is 2.15. The molecule has 0 amide bonds. The van der Waals surface area contributed by atoms with Crippen LogP contribution in [0, 0.1) is 5.92 Å². The van der Waals surface area contributed by atoms with Crippen LogP contribution in [-0.4, -0.2) is 118 Å². The van der Waals surface area contributed by atoms with Crippen LogP contribution in [0.1, 0.15) is 103 Å². The molecule has 0 saturated carbocycles. The highest BCUT2D eigenvalue weighted by Crippen LogP contribution is 2.31. The molecular formula is C31H58O11. The van der Waals surface area contributed by atoms with Crippen molar-refractivity contribution < 1.29 is 54.3 Å². The molecule has 4 fully saturated rings. The van der Waals surface area contributed by atoms with Crippen LogP contribution < -0.4 is 0 Å². The van der Waals surface area contributed by atoms with E-state index in [-0.39, 0.29) is 0 Å². The molecule has 0 aromatic carbocycles. The zero-order valence-corrected chi connectivity index (χ0v) is 25.5. The molecule has 0 aromatic heterocycles. The van der Waals surface area contributed by atoms with Gasteiger partial charge in [-0.15, -0.1) is 0 Å². The highest BCUT2D eigenvalue weighted by atomic mass is 16.8. The Morgan fingerprint density at radius 3 is 1.57 bits per heavy atom. The third-order valence-corrected chi connectivity index (χ3v) is 8.96. The fourth-order valence-electron chi connectivity index (χ4n) is 6.20. The van der Waals surface area contributed by atoms with Gasteiger partial charge in [0.1, 0.15) is 48.8 Å². The minimum absolute atomic E-state index is 0.315. The van der Waals surface area contributed by atoms with Gasteiger partial charge in [0.2, 0.25) is 0 Å². The molecule has 11 atom stereocenters. The van der Waals surface area contributed by atoms with E-state index in [9.17, 15) is 30.6 Å². The summed E-state index contributed by atoms with van der Waals surface area (Å²) in [6, 6.07) is 0. The zero-order valence-electron chi connectivity index (χ0n) is 25.5. The van der Waals surface area contributed by atoms with Crippen LogP contribution in [0.25, 0.3) is 0 Å². The standard InChI is InChI=1S/C31H58O11/c1-21-15-11-9-7-5-3-2-4-6-8-10-13-18-39-31-29(25(35)24(34)22(19-32)40-31)42-30-27(37)26(36)28(23(20-33)41-30)38-17-14-12-16-21/h21-37H,2-20H2,1H3. The first-order valence-corrected chi connectivity index (χ1v) is 16.5. The van der Waals surface area contributed by atoms with E-state index in [0.29, 0.717) is 19.1 Å². The van der Waals surface area contributed by atoms with E-state index in [4.69, 9.17) is 23.7 Å². The summed E-state index contributed by atoms with van der Waals surface area (Å²) in [6.45, 7) is 1.95. The Morgan fingerprint density at radius 1 is 0.476 bits per heavy atom. The topological polar surface area (TPSA) is 168 Å². The number of ether oxygens (including phenoxy) is 5. The van der Waals surface area contributed by atoms with Crippen LogP contribution in [0.3, 0.4) is 0 Å². The molecule has 4 saturated heterocycles. The maximum Gasteiger partial charge on any atom is 0.187 e. The Bertz CT molecular complexity index is 698. The molecule has 11 nitrogen and oxygen atoms in total. The van der Waals surface area contributed by atoms with Gasteiger partial charge in [-0.25, -0.2) is 0 Å². The molecule has 0 spiro atoms. The summed E-state index contributed by atoms with van der Waals surface area (Å²) >= 11 is 0. The van der Waals surface area contributed by atoms with Gasteiger partial charge in [-0.3, -0.25) is 0 Å². The first-order chi connectivity index (χ1) is 20.4. The van der Waals surface area contributed by atoms with Crippen molar-refractivity contribution >= 4 is 0 Å². The number of aliphatic hydroxyl groups is 6. The Labute approximate surface area is 251 Å². The van der Waals surface area contributed by atoms with E-state index in [0.717, 1.165) is 38.5 Å². The van der Waals surface area contributed by atoms with Crippen molar-refractivity contribution in [1.82, 2.24) is 0 Å². The van der Waals surface area contributed by atoms with Crippen molar-refractivity contribution in [3.63, 3.8) is 0 Å². The minimum Gasteiger partial charge on any atom is -0.394 e. The molecular weight excluding hydrogens is 548 g/mol. The second-order valence-corrected chi connectivity index (χ2v) is 12.5. The van der Waals surface area contributed by atoms with Gasteiger partial charge in [-0.1, -0.05) is 90.4 Å². The van der Waals surface area contributed by atoms with Gasteiger partial charge >= 0.3 is 0 Å². The third-order valence-electron chi connectivity index (χ3n) is 8.96. The third kappa shape index (κ3) is 11.2. The maximum absolute atomic E-state index is 10.9. The fourth-order valence-corrected chi connectivity index (χ4v) is 6.20. The molecule has 0 aliphatic carbocycles. The summed E-state index contributed by atoms with van der Waals surface area (Å²) < 4.78 is 29.2. The van der Waals surface area contributed by atoms with Crippen molar-refractivity contribution in [1.29, 1.82) is 0 Å². The van der Waals surface area contributed by atoms with E-state index < -0.39 is 74.6 Å².